The van der Waals surface area contributed by atoms with Gasteiger partial charge in [0.1, 0.15) is 5.82 Å². The normalized spacial score (nSPS) is 12.0. The molecule has 0 saturated carbocycles. The van der Waals surface area contributed by atoms with Crippen LogP contribution < -0.4 is 0 Å². The zero-order valence-electron chi connectivity index (χ0n) is 12.9. The molecule has 0 saturated heterocycles. The number of halogens is 2. The first-order chi connectivity index (χ1) is 11.8. The van der Waals surface area contributed by atoms with E-state index in [1.807, 2.05) is 0 Å². The van der Waals surface area contributed by atoms with Gasteiger partial charge < -0.3 is 10.2 Å². The summed E-state index contributed by atoms with van der Waals surface area (Å²) < 4.78 is 13.0. The smallest absolute Gasteiger partial charge is 0.318 e. The Balaban J connectivity index is 2.38. The number of rotatable bonds is 7. The van der Waals surface area contributed by atoms with Gasteiger partial charge in [-0.05, 0) is 42.0 Å². The molecule has 7 heteroatoms. The Labute approximate surface area is 147 Å². The second-order valence-electron chi connectivity index (χ2n) is 5.45. The molecule has 1 unspecified atom stereocenters. The average Bonchev–Trinajstić information content (AvgIpc) is 2.54. The number of benzene rings is 2. The maximum atomic E-state index is 13.0. The van der Waals surface area contributed by atoms with Crippen molar-refractivity contribution in [2.24, 2.45) is 5.92 Å². The maximum Gasteiger partial charge on any atom is 0.318 e. The van der Waals surface area contributed by atoms with Gasteiger partial charge >= 0.3 is 11.9 Å². The van der Waals surface area contributed by atoms with Crippen molar-refractivity contribution in [2.45, 2.75) is 12.3 Å². The third-order valence-corrected chi connectivity index (χ3v) is 4.06. The Kier molecular flexibility index (Phi) is 5.88. The molecule has 2 aromatic carbocycles. The van der Waals surface area contributed by atoms with Crippen molar-refractivity contribution < 1.29 is 29.0 Å². The van der Waals surface area contributed by atoms with Crippen LogP contribution in [0.5, 0.6) is 0 Å². The van der Waals surface area contributed by atoms with E-state index in [1.54, 1.807) is 0 Å². The standard InChI is InChI=1S/C18H14ClFO5/c19-12-5-1-10(2-6-12)14(16(17(22)23)18(24)25)9-15(21)11-3-7-13(20)8-4-11/h1-8,14,16H,9H2,(H,22,23)(H,24,25). The Morgan fingerprint density at radius 2 is 1.44 bits per heavy atom. The second kappa shape index (κ2) is 7.90. The van der Waals surface area contributed by atoms with Crippen molar-refractivity contribution in [1.82, 2.24) is 0 Å². The monoisotopic (exact) mass is 364 g/mol. The van der Waals surface area contributed by atoms with Crippen molar-refractivity contribution in [3.63, 3.8) is 0 Å². The van der Waals surface area contributed by atoms with Gasteiger partial charge in [0.05, 0.1) is 0 Å². The van der Waals surface area contributed by atoms with Crippen LogP contribution in [0.3, 0.4) is 0 Å². The van der Waals surface area contributed by atoms with Crippen LogP contribution in [0.1, 0.15) is 28.3 Å². The van der Waals surface area contributed by atoms with Crippen LogP contribution in [0.4, 0.5) is 4.39 Å². The molecule has 1 atom stereocenters. The zero-order chi connectivity index (χ0) is 18.6. The van der Waals surface area contributed by atoms with E-state index in [1.165, 1.54) is 36.4 Å². The maximum absolute atomic E-state index is 13.0. The van der Waals surface area contributed by atoms with Crippen molar-refractivity contribution >= 4 is 29.3 Å². The first-order valence-corrected chi connectivity index (χ1v) is 7.67. The van der Waals surface area contributed by atoms with E-state index in [0.29, 0.717) is 10.6 Å². The first kappa shape index (κ1) is 18.6. The summed E-state index contributed by atoms with van der Waals surface area (Å²) in [6, 6.07) is 10.7. The van der Waals surface area contributed by atoms with Crippen LogP contribution in [-0.2, 0) is 9.59 Å². The highest BCUT2D eigenvalue weighted by Gasteiger charge is 2.37. The van der Waals surface area contributed by atoms with Gasteiger partial charge in [0.2, 0.25) is 0 Å². The third-order valence-electron chi connectivity index (χ3n) is 3.80. The topological polar surface area (TPSA) is 91.7 Å². The number of ketones is 1. The minimum absolute atomic E-state index is 0.176. The number of carboxylic acid groups (broad SMARTS) is 2. The molecule has 2 N–H and O–H groups in total. The number of Topliss-reactive ketones (excluding diaryl/α,β-unsaturated/α-hetero) is 1. The first-order valence-electron chi connectivity index (χ1n) is 7.29. The Bertz CT molecular complexity index is 772. The molecule has 0 aliphatic rings. The fourth-order valence-electron chi connectivity index (χ4n) is 2.54. The molecule has 130 valence electrons. The lowest BCUT2D eigenvalue weighted by atomic mass is 9.81. The van der Waals surface area contributed by atoms with E-state index < -0.39 is 35.4 Å². The number of hydrogen-bond acceptors (Lipinski definition) is 3. The average molecular weight is 365 g/mol. The molecule has 2 rings (SSSR count). The highest BCUT2D eigenvalue weighted by molar-refractivity contribution is 6.30. The number of hydrogen-bond donors (Lipinski definition) is 2. The predicted molar refractivity (Wildman–Crippen MR) is 88.3 cm³/mol. The van der Waals surface area contributed by atoms with E-state index in [2.05, 4.69) is 0 Å². The van der Waals surface area contributed by atoms with E-state index in [9.17, 15) is 29.0 Å². The lowest BCUT2D eigenvalue weighted by molar-refractivity contribution is -0.155. The molecule has 0 amide bonds. The molecular formula is C18H14ClFO5. The van der Waals surface area contributed by atoms with Gasteiger partial charge in [-0.1, -0.05) is 23.7 Å². The Morgan fingerprint density at radius 3 is 1.92 bits per heavy atom. The van der Waals surface area contributed by atoms with Gasteiger partial charge in [-0.2, -0.15) is 0 Å². The van der Waals surface area contributed by atoms with Gasteiger partial charge in [0.15, 0.2) is 11.7 Å². The largest absolute Gasteiger partial charge is 0.481 e. The summed E-state index contributed by atoms with van der Waals surface area (Å²) >= 11 is 5.80. The van der Waals surface area contributed by atoms with Crippen molar-refractivity contribution in [3.8, 4) is 0 Å². The van der Waals surface area contributed by atoms with Crippen LogP contribution in [0.15, 0.2) is 48.5 Å². The molecule has 0 aliphatic carbocycles. The molecule has 2 aromatic rings. The Hall–Kier alpha value is -2.73. The molecule has 0 spiro atoms. The summed E-state index contributed by atoms with van der Waals surface area (Å²) in [6.07, 6.45) is -0.351. The predicted octanol–water partition coefficient (Wildman–Crippen LogP) is 3.62. The van der Waals surface area contributed by atoms with Gasteiger partial charge in [-0.3, -0.25) is 14.4 Å². The molecule has 0 aromatic heterocycles. The van der Waals surface area contributed by atoms with Gasteiger partial charge in [-0.15, -0.1) is 0 Å². The summed E-state index contributed by atoms with van der Waals surface area (Å²) in [4.78, 5) is 35.3. The third kappa shape index (κ3) is 4.64. The molecule has 5 nitrogen and oxygen atoms in total. The van der Waals surface area contributed by atoms with E-state index in [0.717, 1.165) is 12.1 Å². The fraction of sp³-hybridized carbons (Fsp3) is 0.167. The SMILES string of the molecule is O=C(CC(c1ccc(Cl)cc1)C(C(=O)O)C(=O)O)c1ccc(F)cc1. The van der Waals surface area contributed by atoms with Gasteiger partial charge in [0, 0.05) is 22.9 Å². The van der Waals surface area contributed by atoms with E-state index in [-0.39, 0.29) is 12.0 Å². The number of carboxylic acids is 2. The summed E-state index contributed by atoms with van der Waals surface area (Å²) in [5, 5.41) is 19.0. The number of aliphatic carboxylic acids is 2. The second-order valence-corrected chi connectivity index (χ2v) is 5.88. The summed E-state index contributed by atoms with van der Waals surface area (Å²) in [5.41, 5.74) is 0.546. The van der Waals surface area contributed by atoms with Crippen LogP contribution in [0, 0.1) is 11.7 Å². The molecule has 0 heterocycles. The van der Waals surface area contributed by atoms with Crippen molar-refractivity contribution in [3.05, 3.63) is 70.5 Å². The van der Waals surface area contributed by atoms with Crippen molar-refractivity contribution in [2.75, 3.05) is 0 Å². The molecular weight excluding hydrogens is 351 g/mol. The van der Waals surface area contributed by atoms with E-state index >= 15 is 0 Å². The van der Waals surface area contributed by atoms with Gasteiger partial charge in [0.25, 0.3) is 0 Å². The highest BCUT2D eigenvalue weighted by Crippen LogP contribution is 2.31. The van der Waals surface area contributed by atoms with E-state index in [4.69, 9.17) is 11.6 Å². The molecule has 0 fully saturated rings. The fourth-order valence-corrected chi connectivity index (χ4v) is 2.67. The minimum atomic E-state index is -1.80. The molecule has 0 radical (unpaired) electrons. The molecule has 25 heavy (non-hydrogen) atoms. The molecule has 0 aliphatic heterocycles. The van der Waals surface area contributed by atoms with Crippen molar-refractivity contribution in [1.29, 1.82) is 0 Å². The highest BCUT2D eigenvalue weighted by atomic mass is 35.5. The lowest BCUT2D eigenvalue weighted by Crippen LogP contribution is -2.31. The number of carbonyl (C=O) groups is 3. The van der Waals surface area contributed by atoms with Gasteiger partial charge in [-0.25, -0.2) is 4.39 Å². The lowest BCUT2D eigenvalue weighted by Gasteiger charge is -2.21. The summed E-state index contributed by atoms with van der Waals surface area (Å²) in [5.74, 6) is -6.97. The minimum Gasteiger partial charge on any atom is -0.481 e. The Morgan fingerprint density at radius 1 is 0.920 bits per heavy atom. The summed E-state index contributed by atoms with van der Waals surface area (Å²) in [6.45, 7) is 0. The van der Waals surface area contributed by atoms with Crippen LogP contribution in [0.25, 0.3) is 0 Å². The van der Waals surface area contributed by atoms with Crippen LogP contribution in [0.2, 0.25) is 5.02 Å². The van der Waals surface area contributed by atoms with Crippen LogP contribution >= 0.6 is 11.6 Å². The number of carbonyl (C=O) groups excluding carboxylic acids is 1. The molecule has 0 bridgehead atoms. The summed E-state index contributed by atoms with van der Waals surface area (Å²) in [7, 11) is 0. The van der Waals surface area contributed by atoms with Crippen LogP contribution in [-0.4, -0.2) is 27.9 Å². The quantitative estimate of drug-likeness (QED) is 0.578. The zero-order valence-corrected chi connectivity index (χ0v) is 13.6.